The molecule has 0 aromatic carbocycles. The summed E-state index contributed by atoms with van der Waals surface area (Å²) in [6.45, 7) is 0.662. The molecule has 1 rings (SSSR count). The number of nitrogens with two attached hydrogens (primary N) is 2. The lowest BCUT2D eigenvalue weighted by Gasteiger charge is -2.28. The van der Waals surface area contributed by atoms with Crippen LogP contribution < -0.4 is 32.7 Å². The molecule has 1 aliphatic rings. The average Bonchev–Trinajstić information content (AvgIpc) is 3.41. The number of aliphatic carboxylic acids is 2. The van der Waals surface area contributed by atoms with Gasteiger partial charge >= 0.3 is 11.9 Å². The number of aliphatic hydroxyl groups excluding tert-OH is 1. The number of carboxylic acid groups (broad SMARTS) is 2. The number of aliphatic hydroxyl groups is 1. The van der Waals surface area contributed by atoms with E-state index in [1.807, 2.05) is 0 Å². The summed E-state index contributed by atoms with van der Waals surface area (Å²) in [7, 11) is 0. The Morgan fingerprint density at radius 1 is 0.927 bits per heavy atom. The second-order valence-electron chi connectivity index (χ2n) is 9.69. The molecule has 1 fully saturated rings. The average molecular weight is 588 g/mol. The number of nitrogens with zero attached hydrogens (tertiary/aromatic N) is 1. The molecule has 1 saturated heterocycles. The Kier molecular flexibility index (Phi) is 15.3. The van der Waals surface area contributed by atoms with Crippen LogP contribution in [0.15, 0.2) is 0 Å². The van der Waals surface area contributed by atoms with E-state index in [2.05, 4.69) is 21.3 Å². The van der Waals surface area contributed by atoms with Crippen LogP contribution in [0.2, 0.25) is 0 Å². The van der Waals surface area contributed by atoms with Crippen LogP contribution in [-0.4, -0.2) is 118 Å². The lowest BCUT2D eigenvalue weighted by atomic mass is 10.1. The summed E-state index contributed by atoms with van der Waals surface area (Å²) in [6.07, 6.45) is -0.0491. The second kappa shape index (κ2) is 17.8. The molecule has 5 atom stereocenters. The van der Waals surface area contributed by atoms with Crippen molar-refractivity contribution in [2.45, 2.75) is 82.1 Å². The number of hydrogen-bond donors (Lipinski definition) is 9. The Morgan fingerprint density at radius 3 is 2.10 bits per heavy atom. The van der Waals surface area contributed by atoms with Crippen molar-refractivity contribution in [3.63, 3.8) is 0 Å². The van der Waals surface area contributed by atoms with E-state index in [1.165, 1.54) is 11.8 Å². The van der Waals surface area contributed by atoms with E-state index in [9.17, 15) is 43.8 Å². The topological polar surface area (TPSA) is 284 Å². The minimum absolute atomic E-state index is 0.130. The molecular weight excluding hydrogens is 546 g/mol. The molecule has 1 heterocycles. The smallest absolute Gasteiger partial charge is 0.326 e. The van der Waals surface area contributed by atoms with Gasteiger partial charge in [-0.15, -0.1) is 0 Å². The van der Waals surface area contributed by atoms with Crippen molar-refractivity contribution in [3.8, 4) is 0 Å². The molecule has 1 aliphatic heterocycles. The van der Waals surface area contributed by atoms with Crippen molar-refractivity contribution in [3.05, 3.63) is 0 Å². The first-order valence-corrected chi connectivity index (χ1v) is 13.3. The van der Waals surface area contributed by atoms with Crippen molar-refractivity contribution in [2.75, 3.05) is 26.2 Å². The Morgan fingerprint density at radius 2 is 1.54 bits per heavy atom. The standard InChI is InChI=1S/C24H41N7O10/c1-13(32)20(26)22(38)28-12-17(33)29-14(7-8-19(35)36)23(39)31-10-4-6-16(31)21(37)27-11-18(34)30-15(24(40)41)5-2-3-9-25/h13-16,20,32H,2-12,25-26H2,1H3,(H,27,37)(H,28,38)(H,29,33)(H,30,34)(H,35,36)(H,40,41)/t13-,14+,15+,16+,20+/m1/s1. The van der Waals surface area contributed by atoms with Gasteiger partial charge in [0, 0.05) is 13.0 Å². The molecule has 0 spiro atoms. The second-order valence-corrected chi connectivity index (χ2v) is 9.69. The Balaban J connectivity index is 2.79. The molecule has 11 N–H and O–H groups in total. The maximum atomic E-state index is 13.3. The zero-order valence-corrected chi connectivity index (χ0v) is 23.0. The molecule has 41 heavy (non-hydrogen) atoms. The number of unbranched alkanes of at least 4 members (excludes halogenated alkanes) is 1. The van der Waals surface area contributed by atoms with E-state index in [1.54, 1.807) is 0 Å². The summed E-state index contributed by atoms with van der Waals surface area (Å²) in [5, 5.41) is 37.0. The first-order chi connectivity index (χ1) is 19.3. The van der Waals surface area contributed by atoms with Crippen LogP contribution in [0, 0.1) is 0 Å². The number of likely N-dealkylation sites (tertiary alicyclic amines) is 1. The van der Waals surface area contributed by atoms with E-state index in [0.717, 1.165) is 0 Å². The van der Waals surface area contributed by atoms with Crippen LogP contribution in [0.1, 0.15) is 51.9 Å². The first kappa shape index (κ1) is 35.2. The summed E-state index contributed by atoms with van der Waals surface area (Å²) in [4.78, 5) is 86.3. The molecule has 0 saturated carbocycles. The molecule has 0 aliphatic carbocycles. The van der Waals surface area contributed by atoms with Crippen LogP contribution in [-0.2, 0) is 33.6 Å². The number of amides is 5. The van der Waals surface area contributed by atoms with Crippen LogP contribution >= 0.6 is 0 Å². The largest absolute Gasteiger partial charge is 0.481 e. The minimum atomic E-state index is -1.33. The van der Waals surface area contributed by atoms with E-state index in [4.69, 9.17) is 16.6 Å². The molecule has 17 heteroatoms. The van der Waals surface area contributed by atoms with Crippen molar-refractivity contribution in [1.29, 1.82) is 0 Å². The van der Waals surface area contributed by atoms with Gasteiger partial charge in [0.25, 0.3) is 0 Å². The van der Waals surface area contributed by atoms with Gasteiger partial charge < -0.3 is 53.0 Å². The van der Waals surface area contributed by atoms with Gasteiger partial charge in [-0.1, -0.05) is 0 Å². The molecule has 0 radical (unpaired) electrons. The quantitative estimate of drug-likeness (QED) is 0.0693. The van der Waals surface area contributed by atoms with Crippen molar-refractivity contribution in [1.82, 2.24) is 26.2 Å². The van der Waals surface area contributed by atoms with Crippen molar-refractivity contribution in [2.24, 2.45) is 11.5 Å². The molecule has 17 nitrogen and oxygen atoms in total. The van der Waals surface area contributed by atoms with Gasteiger partial charge in [0.2, 0.25) is 29.5 Å². The third-order valence-corrected chi connectivity index (χ3v) is 6.37. The molecule has 0 aromatic rings. The number of carbonyl (C=O) groups excluding carboxylic acids is 5. The van der Waals surface area contributed by atoms with E-state index >= 15 is 0 Å². The summed E-state index contributed by atoms with van der Waals surface area (Å²) in [5.74, 6) is -6.22. The van der Waals surface area contributed by atoms with Crippen molar-refractivity contribution < 1.29 is 48.9 Å². The third-order valence-electron chi connectivity index (χ3n) is 6.37. The van der Waals surface area contributed by atoms with E-state index < -0.39 is 91.3 Å². The normalized spacial score (nSPS) is 17.5. The van der Waals surface area contributed by atoms with Gasteiger partial charge in [0.15, 0.2) is 0 Å². The van der Waals surface area contributed by atoms with E-state index in [0.29, 0.717) is 25.8 Å². The Bertz CT molecular complexity index is 961. The van der Waals surface area contributed by atoms with Gasteiger partial charge in [-0.3, -0.25) is 28.8 Å². The fraction of sp³-hybridized carbons (Fsp3) is 0.708. The predicted molar refractivity (Wildman–Crippen MR) is 142 cm³/mol. The van der Waals surface area contributed by atoms with Crippen LogP contribution in [0.25, 0.3) is 0 Å². The fourth-order valence-corrected chi connectivity index (χ4v) is 4.06. The monoisotopic (exact) mass is 587 g/mol. The van der Waals surface area contributed by atoms with E-state index in [-0.39, 0.29) is 25.8 Å². The molecular formula is C24H41N7O10. The SMILES string of the molecule is C[C@@H](O)[C@H](N)C(=O)NCC(=O)N[C@@H](CCC(=O)O)C(=O)N1CCC[C@H]1C(=O)NCC(=O)N[C@@H](CCCCN)C(=O)O. The molecule has 0 unspecified atom stereocenters. The van der Waals surface area contributed by atoms with Gasteiger partial charge in [-0.25, -0.2) is 4.79 Å². The number of nitrogens with one attached hydrogen (secondary N) is 4. The summed E-state index contributed by atoms with van der Waals surface area (Å²) in [5.41, 5.74) is 10.9. The maximum absolute atomic E-state index is 13.3. The fourth-order valence-electron chi connectivity index (χ4n) is 4.06. The summed E-state index contributed by atoms with van der Waals surface area (Å²) >= 11 is 0. The number of carbonyl (C=O) groups is 7. The number of carboxylic acids is 2. The maximum Gasteiger partial charge on any atom is 0.326 e. The Labute approximate surface area is 236 Å². The third kappa shape index (κ3) is 12.5. The zero-order chi connectivity index (χ0) is 31.1. The zero-order valence-electron chi connectivity index (χ0n) is 23.0. The highest BCUT2D eigenvalue weighted by atomic mass is 16.4. The number of hydrogen-bond acceptors (Lipinski definition) is 10. The van der Waals surface area contributed by atoms with Gasteiger partial charge in [0.1, 0.15) is 24.2 Å². The van der Waals surface area contributed by atoms with Gasteiger partial charge in [-0.2, -0.15) is 0 Å². The molecule has 5 amide bonds. The molecule has 232 valence electrons. The Hall–Kier alpha value is -3.83. The van der Waals surface area contributed by atoms with Crippen LogP contribution in [0.5, 0.6) is 0 Å². The van der Waals surface area contributed by atoms with Crippen molar-refractivity contribution >= 4 is 41.5 Å². The number of rotatable bonds is 18. The lowest BCUT2D eigenvalue weighted by Crippen LogP contribution is -2.56. The molecule has 0 bridgehead atoms. The van der Waals surface area contributed by atoms with Gasteiger partial charge in [0.05, 0.1) is 19.2 Å². The lowest BCUT2D eigenvalue weighted by molar-refractivity contribution is -0.143. The molecule has 0 aromatic heterocycles. The van der Waals surface area contributed by atoms with Crippen LogP contribution in [0.3, 0.4) is 0 Å². The van der Waals surface area contributed by atoms with Gasteiger partial charge in [-0.05, 0) is 52.0 Å². The highest BCUT2D eigenvalue weighted by Crippen LogP contribution is 2.19. The first-order valence-electron chi connectivity index (χ1n) is 13.3. The van der Waals surface area contributed by atoms with Crippen LogP contribution in [0.4, 0.5) is 0 Å². The minimum Gasteiger partial charge on any atom is -0.481 e. The highest BCUT2D eigenvalue weighted by molar-refractivity contribution is 5.95. The predicted octanol–water partition coefficient (Wildman–Crippen LogP) is -4.03. The highest BCUT2D eigenvalue weighted by Gasteiger charge is 2.38. The summed E-state index contributed by atoms with van der Waals surface area (Å²) in [6, 6.07) is -4.78. The summed E-state index contributed by atoms with van der Waals surface area (Å²) < 4.78 is 0.